The van der Waals surface area contributed by atoms with E-state index < -0.39 is 0 Å². The first-order valence-electron chi connectivity index (χ1n) is 6.84. The number of carbonyl (C=O) groups excluding carboxylic acids is 1. The number of aryl methyl sites for hydroxylation is 2. The van der Waals surface area contributed by atoms with Gasteiger partial charge in [-0.2, -0.15) is 0 Å². The Hall–Kier alpha value is -2.29. The van der Waals surface area contributed by atoms with E-state index in [1.54, 1.807) is 4.90 Å². The molecule has 3 nitrogen and oxygen atoms in total. The average Bonchev–Trinajstić information content (AvgIpc) is 2.86. The average molecular weight is 266 g/mol. The highest BCUT2D eigenvalue weighted by Gasteiger charge is 2.27. The maximum Gasteiger partial charge on any atom is 0.258 e. The first kappa shape index (κ1) is 12.7. The van der Waals surface area contributed by atoms with Crippen LogP contribution in [0.1, 0.15) is 27.0 Å². The van der Waals surface area contributed by atoms with Crippen LogP contribution in [0.25, 0.3) is 0 Å². The summed E-state index contributed by atoms with van der Waals surface area (Å²) in [5.74, 6) is 0.0322. The van der Waals surface area contributed by atoms with E-state index in [0.29, 0.717) is 12.2 Å². The fourth-order valence-electron chi connectivity index (χ4n) is 2.72. The Balaban J connectivity index is 1.99. The van der Waals surface area contributed by atoms with Crippen molar-refractivity contribution in [2.24, 2.45) is 0 Å². The minimum absolute atomic E-state index is 0.0322. The van der Waals surface area contributed by atoms with Crippen LogP contribution in [0.3, 0.4) is 0 Å². The number of amides is 1. The van der Waals surface area contributed by atoms with E-state index in [1.165, 1.54) is 5.56 Å². The predicted octanol–water partition coefficient (Wildman–Crippen LogP) is 3.09. The molecule has 0 fully saturated rings. The van der Waals surface area contributed by atoms with Crippen LogP contribution < -0.4 is 10.6 Å². The van der Waals surface area contributed by atoms with E-state index >= 15 is 0 Å². The summed E-state index contributed by atoms with van der Waals surface area (Å²) in [6.07, 6.45) is 0.872. The van der Waals surface area contributed by atoms with Gasteiger partial charge in [-0.3, -0.25) is 4.79 Å². The minimum Gasteiger partial charge on any atom is -0.397 e. The van der Waals surface area contributed by atoms with Crippen LogP contribution in [0, 0.1) is 13.8 Å². The number of hydrogen-bond donors (Lipinski definition) is 1. The van der Waals surface area contributed by atoms with Gasteiger partial charge in [-0.05, 0) is 55.2 Å². The van der Waals surface area contributed by atoms with Crippen molar-refractivity contribution in [2.75, 3.05) is 17.2 Å². The van der Waals surface area contributed by atoms with Gasteiger partial charge in [0.15, 0.2) is 0 Å². The molecule has 2 aromatic rings. The third kappa shape index (κ3) is 1.95. The summed E-state index contributed by atoms with van der Waals surface area (Å²) in [5, 5.41) is 0. The van der Waals surface area contributed by atoms with Crippen LogP contribution in [0.5, 0.6) is 0 Å². The van der Waals surface area contributed by atoms with Gasteiger partial charge >= 0.3 is 0 Å². The third-order valence-corrected chi connectivity index (χ3v) is 4.02. The zero-order valence-electron chi connectivity index (χ0n) is 11.8. The number of para-hydroxylation sites is 1. The lowest BCUT2D eigenvalue weighted by Crippen LogP contribution is -2.29. The van der Waals surface area contributed by atoms with Crippen molar-refractivity contribution in [3.05, 3.63) is 58.7 Å². The van der Waals surface area contributed by atoms with Gasteiger partial charge in [0.05, 0.1) is 11.4 Å². The van der Waals surface area contributed by atoms with E-state index in [2.05, 4.69) is 0 Å². The molecule has 2 aromatic carbocycles. The maximum atomic E-state index is 12.7. The van der Waals surface area contributed by atoms with Crippen LogP contribution in [-0.2, 0) is 6.42 Å². The van der Waals surface area contributed by atoms with Crippen molar-refractivity contribution in [3.63, 3.8) is 0 Å². The highest BCUT2D eigenvalue weighted by molar-refractivity contribution is 6.09. The van der Waals surface area contributed by atoms with Gasteiger partial charge in [-0.1, -0.05) is 18.2 Å². The SMILES string of the molecule is Cc1ccc(C(=O)N2CCc3cccc(N)c32)cc1C. The molecule has 0 radical (unpaired) electrons. The molecule has 0 saturated carbocycles. The molecular formula is C17H18N2O. The first-order valence-corrected chi connectivity index (χ1v) is 6.84. The molecule has 0 aromatic heterocycles. The van der Waals surface area contributed by atoms with E-state index in [4.69, 9.17) is 5.73 Å². The standard InChI is InChI=1S/C17H18N2O/c1-11-6-7-14(10-12(11)2)17(20)19-9-8-13-4-3-5-15(18)16(13)19/h3-7,10H,8-9,18H2,1-2H3. The topological polar surface area (TPSA) is 46.3 Å². The Bertz CT molecular complexity index is 691. The van der Waals surface area contributed by atoms with Crippen molar-refractivity contribution in [2.45, 2.75) is 20.3 Å². The molecule has 1 heterocycles. The lowest BCUT2D eigenvalue weighted by Gasteiger charge is -2.19. The van der Waals surface area contributed by atoms with E-state index in [-0.39, 0.29) is 5.91 Å². The molecule has 0 aliphatic carbocycles. The molecule has 0 unspecified atom stereocenters. The monoisotopic (exact) mass is 266 g/mol. The molecule has 1 aliphatic rings. The molecule has 20 heavy (non-hydrogen) atoms. The molecule has 3 rings (SSSR count). The summed E-state index contributed by atoms with van der Waals surface area (Å²) in [7, 11) is 0. The molecule has 1 amide bonds. The van der Waals surface area contributed by atoms with E-state index in [1.807, 2.05) is 50.2 Å². The van der Waals surface area contributed by atoms with Crippen LogP contribution in [-0.4, -0.2) is 12.5 Å². The Morgan fingerprint density at radius 3 is 2.70 bits per heavy atom. The Kier molecular flexibility index (Phi) is 2.97. The van der Waals surface area contributed by atoms with Crippen molar-refractivity contribution >= 4 is 17.3 Å². The quantitative estimate of drug-likeness (QED) is 0.806. The third-order valence-electron chi connectivity index (χ3n) is 4.02. The van der Waals surface area contributed by atoms with Gasteiger partial charge in [-0.15, -0.1) is 0 Å². The molecule has 3 heteroatoms. The normalized spacial score (nSPS) is 13.4. The van der Waals surface area contributed by atoms with Gasteiger partial charge in [0, 0.05) is 12.1 Å². The number of nitrogens with two attached hydrogens (primary N) is 1. The van der Waals surface area contributed by atoms with Gasteiger partial charge < -0.3 is 10.6 Å². The smallest absolute Gasteiger partial charge is 0.258 e. The molecule has 0 saturated heterocycles. The predicted molar refractivity (Wildman–Crippen MR) is 82.2 cm³/mol. The second-order valence-corrected chi connectivity index (χ2v) is 5.36. The summed E-state index contributed by atoms with van der Waals surface area (Å²) in [6.45, 7) is 4.78. The second kappa shape index (κ2) is 4.67. The number of benzene rings is 2. The summed E-state index contributed by atoms with van der Waals surface area (Å²) < 4.78 is 0. The lowest BCUT2D eigenvalue weighted by atomic mass is 10.1. The maximum absolute atomic E-state index is 12.7. The summed E-state index contributed by atoms with van der Waals surface area (Å²) >= 11 is 0. The number of rotatable bonds is 1. The molecule has 1 aliphatic heterocycles. The van der Waals surface area contributed by atoms with Crippen LogP contribution in [0.2, 0.25) is 0 Å². The molecule has 102 valence electrons. The Labute approximate surface area is 119 Å². The molecule has 0 atom stereocenters. The van der Waals surface area contributed by atoms with Gasteiger partial charge in [0.25, 0.3) is 5.91 Å². The van der Waals surface area contributed by atoms with Crippen molar-refractivity contribution in [1.82, 2.24) is 0 Å². The van der Waals surface area contributed by atoms with Crippen LogP contribution >= 0.6 is 0 Å². The van der Waals surface area contributed by atoms with E-state index in [0.717, 1.165) is 28.8 Å². The van der Waals surface area contributed by atoms with Crippen molar-refractivity contribution in [3.8, 4) is 0 Å². The molecular weight excluding hydrogens is 248 g/mol. The zero-order valence-corrected chi connectivity index (χ0v) is 11.8. The van der Waals surface area contributed by atoms with Crippen LogP contribution in [0.15, 0.2) is 36.4 Å². The molecule has 0 spiro atoms. The number of hydrogen-bond acceptors (Lipinski definition) is 2. The number of carbonyl (C=O) groups is 1. The summed E-state index contributed by atoms with van der Waals surface area (Å²) in [5.41, 5.74) is 11.8. The first-order chi connectivity index (χ1) is 9.58. The number of anilines is 2. The molecule has 0 bridgehead atoms. The Morgan fingerprint density at radius 2 is 1.95 bits per heavy atom. The fraction of sp³-hybridized carbons (Fsp3) is 0.235. The largest absolute Gasteiger partial charge is 0.397 e. The van der Waals surface area contributed by atoms with Crippen molar-refractivity contribution in [1.29, 1.82) is 0 Å². The van der Waals surface area contributed by atoms with Gasteiger partial charge in [0.1, 0.15) is 0 Å². The number of fused-ring (bicyclic) bond motifs is 1. The molecule has 2 N–H and O–H groups in total. The zero-order chi connectivity index (χ0) is 14.3. The summed E-state index contributed by atoms with van der Waals surface area (Å²) in [4.78, 5) is 14.5. The second-order valence-electron chi connectivity index (χ2n) is 5.36. The lowest BCUT2D eigenvalue weighted by molar-refractivity contribution is 0.0989. The van der Waals surface area contributed by atoms with Gasteiger partial charge in [-0.25, -0.2) is 0 Å². The fourth-order valence-corrected chi connectivity index (χ4v) is 2.72. The highest BCUT2D eigenvalue weighted by atomic mass is 16.2. The Morgan fingerprint density at radius 1 is 1.15 bits per heavy atom. The van der Waals surface area contributed by atoms with Gasteiger partial charge in [0.2, 0.25) is 0 Å². The number of nitrogen functional groups attached to an aromatic ring is 1. The number of nitrogens with zero attached hydrogens (tertiary/aromatic N) is 1. The highest BCUT2D eigenvalue weighted by Crippen LogP contribution is 2.34. The minimum atomic E-state index is 0.0322. The van der Waals surface area contributed by atoms with E-state index in [9.17, 15) is 4.79 Å². The van der Waals surface area contributed by atoms with Crippen LogP contribution in [0.4, 0.5) is 11.4 Å². The van der Waals surface area contributed by atoms with Crippen molar-refractivity contribution < 1.29 is 4.79 Å². The summed E-state index contributed by atoms with van der Waals surface area (Å²) in [6, 6.07) is 11.7.